The zero-order chi connectivity index (χ0) is 80.5. The number of hydrogen-bond acceptors (Lipinski definition) is 16. The summed E-state index contributed by atoms with van der Waals surface area (Å²) in [6, 6.07) is 21.4. The third kappa shape index (κ3) is 28.4. The molecule has 0 saturated carbocycles. The first-order valence-electron chi connectivity index (χ1n) is 39.2. The lowest BCUT2D eigenvalue weighted by atomic mass is 9.99. The van der Waals surface area contributed by atoms with Crippen LogP contribution in [0.5, 0.6) is 0 Å². The summed E-state index contributed by atoms with van der Waals surface area (Å²) in [4.78, 5) is 194. The van der Waals surface area contributed by atoms with Crippen LogP contribution >= 0.6 is 0 Å². The van der Waals surface area contributed by atoms with Crippen molar-refractivity contribution < 1.29 is 71.8 Å². The number of nitrogens with one attached hydrogen (secondary N) is 11. The van der Waals surface area contributed by atoms with Crippen molar-refractivity contribution in [2.75, 3.05) is 32.7 Å². The number of hydrogen-bond donors (Lipinski definition) is 12. The van der Waals surface area contributed by atoms with E-state index in [-0.39, 0.29) is 128 Å². The molecule has 604 valence electrons. The van der Waals surface area contributed by atoms with E-state index in [1.165, 1.54) is 9.80 Å². The van der Waals surface area contributed by atoms with E-state index in [9.17, 15) is 33.6 Å². The Labute approximate surface area is 651 Å². The highest BCUT2D eigenvalue weighted by atomic mass is 16.6. The van der Waals surface area contributed by atoms with E-state index in [0.29, 0.717) is 36.8 Å². The second-order valence-corrected chi connectivity index (χ2v) is 30.5. The van der Waals surface area contributed by atoms with Gasteiger partial charge in [0.1, 0.15) is 79.7 Å². The number of amides is 13. The van der Waals surface area contributed by atoms with Crippen LogP contribution in [-0.2, 0) is 88.3 Å². The number of rotatable bonds is 26. The Balaban J connectivity index is 1.26. The number of nitrogens with two attached hydrogens (primary N) is 1. The Kier molecular flexibility index (Phi) is 35.6. The summed E-state index contributed by atoms with van der Waals surface area (Å²) in [5, 5.41) is 31.1. The van der Waals surface area contributed by atoms with Crippen LogP contribution in [-0.4, -0.2) is 186 Å². The van der Waals surface area contributed by atoms with E-state index in [4.69, 9.17) is 15.2 Å². The molecule has 0 unspecified atom stereocenters. The molecule has 3 saturated heterocycles. The number of carbonyl (C=O) groups is 13. The third-order valence-corrected chi connectivity index (χ3v) is 19.8. The van der Waals surface area contributed by atoms with Crippen molar-refractivity contribution in [3.63, 3.8) is 0 Å². The summed E-state index contributed by atoms with van der Waals surface area (Å²) in [6.45, 7) is 14.4. The lowest BCUT2D eigenvalue weighted by molar-refractivity contribution is -0.143. The first-order valence-corrected chi connectivity index (χ1v) is 39.2. The van der Waals surface area contributed by atoms with Gasteiger partial charge in [-0.25, -0.2) is 9.59 Å². The maximum absolute atomic E-state index is 15.3. The van der Waals surface area contributed by atoms with E-state index < -0.39 is 155 Å². The molecule has 3 fully saturated rings. The number of alkyl carbamates (subject to hydrolysis) is 2. The van der Waals surface area contributed by atoms with Crippen molar-refractivity contribution in [2.24, 2.45) is 29.4 Å². The van der Waals surface area contributed by atoms with Crippen LogP contribution < -0.4 is 64.2 Å². The van der Waals surface area contributed by atoms with Gasteiger partial charge in [0, 0.05) is 39.0 Å². The summed E-state index contributed by atoms with van der Waals surface area (Å²) in [5.74, 6) is -9.91. The summed E-state index contributed by atoms with van der Waals surface area (Å²) < 4.78 is 10.8. The SMILES string of the molecule is CC(C)C[C@@H]1NC(=O)[C@H](CCCNC(=O)OCc2ccccc2)NC(=O)[C@H](C(C)C)NC(=O)[C@@H]2CCCN2C(=O)[C@@H](Cc2ccccc2)NC(=O)[C@H](CC(C)C)NC(=O)[C@H](CCCNC(=O)OCc2ccccc2)NC(=O)[C@H](C(C)C)NC(=O)[C@@H]2CCCN2C(=O)[C@@H](Cc2ccccc2)NC(=O)[C@H](CCCCN)NC1=O. The number of unbranched alkanes of at least 4 members (excludes halogenated alkanes) is 1. The van der Waals surface area contributed by atoms with Crippen LogP contribution in [0.1, 0.15) is 161 Å². The molecule has 0 bridgehead atoms. The van der Waals surface area contributed by atoms with Gasteiger partial charge in [0.25, 0.3) is 0 Å². The van der Waals surface area contributed by atoms with E-state index in [1.54, 1.807) is 137 Å². The maximum atomic E-state index is 15.3. The zero-order valence-corrected chi connectivity index (χ0v) is 65.4. The quantitative estimate of drug-likeness (QED) is 0.0376. The van der Waals surface area contributed by atoms with E-state index in [1.807, 2.05) is 39.8 Å². The van der Waals surface area contributed by atoms with Crippen LogP contribution in [0.25, 0.3) is 0 Å². The van der Waals surface area contributed by atoms with Gasteiger partial charge < -0.3 is 83.5 Å². The van der Waals surface area contributed by atoms with E-state index in [2.05, 4.69) is 58.5 Å². The van der Waals surface area contributed by atoms with Gasteiger partial charge in [0.2, 0.25) is 65.0 Å². The second kappa shape index (κ2) is 45.0. The fraction of sp³-hybridized carbons (Fsp3) is 0.549. The van der Waals surface area contributed by atoms with E-state index in [0.717, 1.165) is 11.1 Å². The number of nitrogens with zero attached hydrogens (tertiary/aromatic N) is 2. The Morgan fingerprint density at radius 2 is 0.694 bits per heavy atom. The maximum Gasteiger partial charge on any atom is 0.407 e. The zero-order valence-electron chi connectivity index (χ0n) is 65.4. The molecule has 11 atom stereocenters. The van der Waals surface area contributed by atoms with Gasteiger partial charge in [-0.05, 0) is 136 Å². The molecule has 29 nitrogen and oxygen atoms in total. The van der Waals surface area contributed by atoms with Gasteiger partial charge in [0.05, 0.1) is 0 Å². The van der Waals surface area contributed by atoms with Crippen LogP contribution in [0.4, 0.5) is 9.59 Å². The summed E-state index contributed by atoms with van der Waals surface area (Å²) >= 11 is 0. The third-order valence-electron chi connectivity index (χ3n) is 19.8. The smallest absolute Gasteiger partial charge is 0.407 e. The highest BCUT2D eigenvalue weighted by Crippen LogP contribution is 2.24. The number of fused-ring (bicyclic) bond motifs is 2. The molecular formula is C82H116N14O15. The summed E-state index contributed by atoms with van der Waals surface area (Å²) in [6.07, 6.45) is 0.286. The molecule has 4 aromatic rings. The average molecular weight is 1540 g/mol. The Bertz CT molecular complexity index is 3720. The molecule has 0 aromatic heterocycles. The van der Waals surface area contributed by atoms with Crippen molar-refractivity contribution in [1.82, 2.24) is 68.3 Å². The van der Waals surface area contributed by atoms with Gasteiger partial charge >= 0.3 is 12.2 Å². The van der Waals surface area contributed by atoms with Gasteiger partial charge in [-0.2, -0.15) is 0 Å². The van der Waals surface area contributed by atoms with Gasteiger partial charge in [0.15, 0.2) is 0 Å². The highest BCUT2D eigenvalue weighted by Gasteiger charge is 2.44. The van der Waals surface area contributed by atoms with Crippen molar-refractivity contribution in [3.8, 4) is 0 Å². The van der Waals surface area contributed by atoms with Crippen LogP contribution in [0.3, 0.4) is 0 Å². The van der Waals surface area contributed by atoms with Crippen LogP contribution in [0.2, 0.25) is 0 Å². The number of ether oxygens (including phenoxy) is 2. The van der Waals surface area contributed by atoms with Crippen LogP contribution in [0.15, 0.2) is 121 Å². The molecular weight excluding hydrogens is 1420 g/mol. The first-order chi connectivity index (χ1) is 53.2. The molecule has 0 spiro atoms. The Hall–Kier alpha value is -10.5. The fourth-order valence-electron chi connectivity index (χ4n) is 13.8. The minimum absolute atomic E-state index is 0.0157. The number of carbonyl (C=O) groups excluding carboxylic acids is 13. The molecule has 7 rings (SSSR count). The highest BCUT2D eigenvalue weighted by molar-refractivity contribution is 6.00. The average Bonchev–Trinajstić information content (AvgIpc) is 1.74. The summed E-state index contributed by atoms with van der Waals surface area (Å²) in [5.41, 5.74) is 8.75. The largest absolute Gasteiger partial charge is 0.445 e. The minimum Gasteiger partial charge on any atom is -0.445 e. The Morgan fingerprint density at radius 1 is 0.387 bits per heavy atom. The summed E-state index contributed by atoms with van der Waals surface area (Å²) in [7, 11) is 0. The van der Waals surface area contributed by atoms with Crippen LogP contribution in [0, 0.1) is 23.7 Å². The molecule has 0 radical (unpaired) electrons. The molecule has 3 aliphatic heterocycles. The molecule has 13 N–H and O–H groups in total. The van der Waals surface area contributed by atoms with Crippen molar-refractivity contribution in [3.05, 3.63) is 144 Å². The standard InChI is InChI=1S/C82H116N14O15/c1-51(2)45-62-73(100)86-59(35-21-22-40-83)72(99)91-64(47-55-27-13-9-14-28-55)79(106)95-43-25-38-66(95)75(102)93-69(54(7)8)78(105)88-61(37-24-42-85-82(109)111-50-58-33-19-12-20-34-58)71(98)90-63(46-52(3)4)74(101)92-65(48-56-29-15-10-16-30-56)80(107)96-44-26-39-67(96)76(103)94-68(53(5)6)77(104)87-60(70(97)89-62)36-23-41-84-81(108)110-49-57-31-17-11-18-32-57/h9-20,27-34,51-54,59-69H,21-26,35-50,83H2,1-8H3,(H,84,108)(H,85,109)(H,86,100)(H,87,104)(H,88,105)(H,89,97)(H,90,98)(H,91,99)(H,92,101)(H,93,102)(H,94,103)/t59-,60-,61-,62-,63-,64+,65+,66-,67-,68-,69-/m0/s1. The van der Waals surface area contributed by atoms with Gasteiger partial charge in [-0.3, -0.25) is 52.7 Å². The van der Waals surface area contributed by atoms with E-state index >= 15 is 28.8 Å². The fourth-order valence-corrected chi connectivity index (χ4v) is 13.8. The predicted molar refractivity (Wildman–Crippen MR) is 416 cm³/mol. The first kappa shape index (κ1) is 87.8. The normalized spacial score (nSPS) is 23.4. The molecule has 3 heterocycles. The molecule has 29 heteroatoms. The molecule has 13 amide bonds. The minimum atomic E-state index is -1.41. The number of benzene rings is 4. The lowest BCUT2D eigenvalue weighted by Gasteiger charge is -2.32. The molecule has 4 aromatic carbocycles. The van der Waals surface area contributed by atoms with Gasteiger partial charge in [-0.15, -0.1) is 0 Å². The molecule has 111 heavy (non-hydrogen) atoms. The topological polar surface area (TPSA) is 405 Å². The van der Waals surface area contributed by atoms with Crippen molar-refractivity contribution >= 4 is 77.2 Å². The predicted octanol–water partition coefficient (Wildman–Crippen LogP) is 4.78. The van der Waals surface area contributed by atoms with Gasteiger partial charge in [-0.1, -0.05) is 177 Å². The van der Waals surface area contributed by atoms with Crippen molar-refractivity contribution in [2.45, 2.75) is 231 Å². The second-order valence-electron chi connectivity index (χ2n) is 30.5. The van der Waals surface area contributed by atoms with Crippen molar-refractivity contribution in [1.29, 1.82) is 0 Å². The monoisotopic (exact) mass is 1540 g/mol. The lowest BCUT2D eigenvalue weighted by Crippen LogP contribution is -2.61. The molecule has 3 aliphatic rings. The Morgan fingerprint density at radius 3 is 1.03 bits per heavy atom. The molecule has 0 aliphatic carbocycles.